The Morgan fingerprint density at radius 1 is 1.23 bits per heavy atom. The van der Waals surface area contributed by atoms with Crippen LogP contribution in [0.25, 0.3) is 11.5 Å². The topological polar surface area (TPSA) is 71.3 Å². The van der Waals surface area contributed by atoms with Crippen molar-refractivity contribution in [2.45, 2.75) is 6.42 Å². The monoisotopic (exact) mass is 374 g/mol. The fourth-order valence-corrected chi connectivity index (χ4v) is 2.39. The fourth-order valence-electron chi connectivity index (χ4n) is 2.21. The van der Waals surface area contributed by atoms with Gasteiger partial charge < -0.3 is 14.7 Å². The number of carbonyl (C=O) groups is 1. The maximum Gasteiger partial charge on any atom is 0.321 e. The first kappa shape index (κ1) is 17.9. The quantitative estimate of drug-likeness (QED) is 0.725. The number of urea groups is 1. The molecule has 2 amide bonds. The van der Waals surface area contributed by atoms with E-state index >= 15 is 0 Å². The van der Waals surface area contributed by atoms with Gasteiger partial charge in [-0.3, -0.25) is 0 Å². The van der Waals surface area contributed by atoms with Crippen LogP contribution >= 0.6 is 11.6 Å². The number of amides is 2. The van der Waals surface area contributed by atoms with Crippen molar-refractivity contribution in [1.82, 2.24) is 15.0 Å². The van der Waals surface area contributed by atoms with Gasteiger partial charge in [0.15, 0.2) is 5.82 Å². The molecule has 0 aliphatic carbocycles. The lowest BCUT2D eigenvalue weighted by Crippen LogP contribution is -2.33. The Labute approximate surface area is 154 Å². The third-order valence-corrected chi connectivity index (χ3v) is 4.02. The van der Waals surface area contributed by atoms with Crippen LogP contribution in [0.4, 0.5) is 14.9 Å². The number of carbonyl (C=O) groups excluding carboxylic acids is 1. The van der Waals surface area contributed by atoms with E-state index in [9.17, 15) is 9.18 Å². The van der Waals surface area contributed by atoms with Gasteiger partial charge in [-0.2, -0.15) is 4.98 Å². The van der Waals surface area contributed by atoms with E-state index in [2.05, 4.69) is 15.5 Å². The molecule has 1 aromatic heterocycles. The van der Waals surface area contributed by atoms with Crippen molar-refractivity contribution in [3.8, 4) is 11.5 Å². The molecule has 134 valence electrons. The van der Waals surface area contributed by atoms with E-state index in [1.54, 1.807) is 43.4 Å². The molecule has 0 fully saturated rings. The molecule has 0 unspecified atom stereocenters. The highest BCUT2D eigenvalue weighted by atomic mass is 35.5. The Balaban J connectivity index is 1.56. The normalized spacial score (nSPS) is 10.6. The van der Waals surface area contributed by atoms with Gasteiger partial charge in [-0.15, -0.1) is 0 Å². The minimum atomic E-state index is -0.334. The van der Waals surface area contributed by atoms with E-state index in [-0.39, 0.29) is 11.8 Å². The van der Waals surface area contributed by atoms with E-state index in [1.165, 1.54) is 17.0 Å². The number of hydrogen-bond acceptors (Lipinski definition) is 4. The number of hydrogen-bond donors (Lipinski definition) is 1. The Morgan fingerprint density at radius 3 is 2.69 bits per heavy atom. The SMILES string of the molecule is CN(CCc1noc(-c2ccc(F)cc2)n1)C(=O)Nc1ccccc1Cl. The summed E-state index contributed by atoms with van der Waals surface area (Å²) in [7, 11) is 1.66. The van der Waals surface area contributed by atoms with Crippen molar-refractivity contribution < 1.29 is 13.7 Å². The second-order valence-electron chi connectivity index (χ2n) is 5.60. The highest BCUT2D eigenvalue weighted by molar-refractivity contribution is 6.33. The number of benzene rings is 2. The Bertz CT molecular complexity index is 898. The summed E-state index contributed by atoms with van der Waals surface area (Å²) in [4.78, 5) is 18.0. The van der Waals surface area contributed by atoms with Crippen LogP contribution in [-0.2, 0) is 6.42 Å². The first-order valence-electron chi connectivity index (χ1n) is 7.88. The van der Waals surface area contributed by atoms with Gasteiger partial charge >= 0.3 is 6.03 Å². The van der Waals surface area contributed by atoms with Crippen molar-refractivity contribution in [3.63, 3.8) is 0 Å². The third-order valence-electron chi connectivity index (χ3n) is 3.69. The molecule has 0 saturated heterocycles. The number of nitrogens with one attached hydrogen (secondary N) is 1. The zero-order valence-corrected chi connectivity index (χ0v) is 14.7. The van der Waals surface area contributed by atoms with Gasteiger partial charge in [0.1, 0.15) is 5.82 Å². The molecule has 0 aliphatic heterocycles. The summed E-state index contributed by atoms with van der Waals surface area (Å²) < 4.78 is 18.1. The fraction of sp³-hybridized carbons (Fsp3) is 0.167. The van der Waals surface area contributed by atoms with E-state index in [0.717, 1.165) is 0 Å². The Kier molecular flexibility index (Phi) is 5.48. The van der Waals surface area contributed by atoms with Crippen LogP contribution < -0.4 is 5.32 Å². The molecule has 0 saturated carbocycles. The summed E-state index contributed by atoms with van der Waals surface area (Å²) >= 11 is 6.03. The van der Waals surface area contributed by atoms with Crippen LogP contribution in [-0.4, -0.2) is 34.7 Å². The lowest BCUT2D eigenvalue weighted by atomic mass is 10.2. The molecule has 2 aromatic carbocycles. The van der Waals surface area contributed by atoms with E-state index in [0.29, 0.717) is 41.0 Å². The van der Waals surface area contributed by atoms with Crippen LogP contribution in [0, 0.1) is 5.82 Å². The highest BCUT2D eigenvalue weighted by Gasteiger charge is 2.13. The minimum absolute atomic E-state index is 0.291. The van der Waals surface area contributed by atoms with Crippen molar-refractivity contribution >= 4 is 23.3 Å². The van der Waals surface area contributed by atoms with Gasteiger partial charge in [0, 0.05) is 25.6 Å². The minimum Gasteiger partial charge on any atom is -0.334 e. The summed E-state index contributed by atoms with van der Waals surface area (Å²) in [6.45, 7) is 0.388. The molecular formula is C18H16ClFN4O2. The molecular weight excluding hydrogens is 359 g/mol. The Hall–Kier alpha value is -2.93. The van der Waals surface area contributed by atoms with Crippen molar-refractivity contribution in [3.05, 3.63) is 65.2 Å². The predicted octanol–water partition coefficient (Wildman–Crippen LogP) is 4.24. The molecule has 0 radical (unpaired) electrons. The number of para-hydroxylation sites is 1. The lowest BCUT2D eigenvalue weighted by molar-refractivity contribution is 0.222. The van der Waals surface area contributed by atoms with Gasteiger partial charge in [0.2, 0.25) is 0 Å². The molecule has 1 heterocycles. The van der Waals surface area contributed by atoms with Gasteiger partial charge in [0.05, 0.1) is 10.7 Å². The molecule has 1 N–H and O–H groups in total. The zero-order chi connectivity index (χ0) is 18.5. The van der Waals surface area contributed by atoms with Crippen LogP contribution in [0.5, 0.6) is 0 Å². The number of nitrogens with zero attached hydrogens (tertiary/aromatic N) is 3. The molecule has 26 heavy (non-hydrogen) atoms. The number of anilines is 1. The molecule has 0 bridgehead atoms. The standard InChI is InChI=1S/C18H16ClFN4O2/c1-24(18(25)21-15-5-3-2-4-14(15)19)11-10-16-22-17(26-23-16)12-6-8-13(20)9-7-12/h2-9H,10-11H2,1H3,(H,21,25). The van der Waals surface area contributed by atoms with Crippen molar-refractivity contribution in [1.29, 1.82) is 0 Å². The van der Waals surface area contributed by atoms with Crippen LogP contribution in [0.2, 0.25) is 5.02 Å². The maximum atomic E-state index is 13.0. The molecule has 0 spiro atoms. The second kappa shape index (κ2) is 7.97. The molecule has 3 rings (SSSR count). The molecule has 0 aliphatic rings. The highest BCUT2D eigenvalue weighted by Crippen LogP contribution is 2.21. The first-order chi connectivity index (χ1) is 12.5. The summed E-state index contributed by atoms with van der Waals surface area (Å²) in [6.07, 6.45) is 0.414. The van der Waals surface area contributed by atoms with Crippen LogP contribution in [0.3, 0.4) is 0 Å². The molecule has 3 aromatic rings. The average molecular weight is 375 g/mol. The van der Waals surface area contributed by atoms with E-state index < -0.39 is 0 Å². The van der Waals surface area contributed by atoms with E-state index in [1.807, 2.05) is 0 Å². The maximum absolute atomic E-state index is 13.0. The molecule has 6 nitrogen and oxygen atoms in total. The largest absolute Gasteiger partial charge is 0.334 e. The first-order valence-corrected chi connectivity index (χ1v) is 8.26. The number of likely N-dealkylation sites (N-methyl/N-ethyl adjacent to an activating group) is 1. The van der Waals surface area contributed by atoms with Crippen molar-refractivity contribution in [2.24, 2.45) is 0 Å². The zero-order valence-electron chi connectivity index (χ0n) is 13.9. The van der Waals surface area contributed by atoms with Crippen LogP contribution in [0.15, 0.2) is 53.1 Å². The lowest BCUT2D eigenvalue weighted by Gasteiger charge is -2.17. The predicted molar refractivity (Wildman–Crippen MR) is 96.5 cm³/mol. The van der Waals surface area contributed by atoms with Gasteiger partial charge in [0.25, 0.3) is 5.89 Å². The van der Waals surface area contributed by atoms with Crippen molar-refractivity contribution in [2.75, 3.05) is 18.9 Å². The number of aromatic nitrogens is 2. The third kappa shape index (κ3) is 4.37. The molecule has 0 atom stereocenters. The molecule has 8 heteroatoms. The van der Waals surface area contributed by atoms with E-state index in [4.69, 9.17) is 16.1 Å². The number of halogens is 2. The number of rotatable bonds is 5. The summed E-state index contributed by atoms with van der Waals surface area (Å²) in [5, 5.41) is 7.09. The summed E-state index contributed by atoms with van der Waals surface area (Å²) in [6, 6.07) is 12.5. The van der Waals surface area contributed by atoms with Gasteiger partial charge in [-0.25, -0.2) is 9.18 Å². The van der Waals surface area contributed by atoms with Gasteiger partial charge in [-0.05, 0) is 36.4 Å². The second-order valence-corrected chi connectivity index (χ2v) is 6.01. The smallest absolute Gasteiger partial charge is 0.321 e. The average Bonchev–Trinajstić information content (AvgIpc) is 3.11. The Morgan fingerprint density at radius 2 is 1.96 bits per heavy atom. The van der Waals surface area contributed by atoms with Crippen LogP contribution in [0.1, 0.15) is 5.82 Å². The summed E-state index contributed by atoms with van der Waals surface area (Å²) in [5.41, 5.74) is 1.18. The van der Waals surface area contributed by atoms with Gasteiger partial charge in [-0.1, -0.05) is 28.9 Å². The summed E-state index contributed by atoms with van der Waals surface area (Å²) in [5.74, 6) is 0.435.